The summed E-state index contributed by atoms with van der Waals surface area (Å²) in [6.07, 6.45) is 0.598. The van der Waals surface area contributed by atoms with Gasteiger partial charge < -0.3 is 15.2 Å². The molecule has 2 rings (SSSR count). The van der Waals surface area contributed by atoms with E-state index in [1.165, 1.54) is 6.07 Å². The normalized spacial score (nSPS) is 14.4. The monoisotopic (exact) mass is 211 g/mol. The predicted molar refractivity (Wildman–Crippen MR) is 54.5 cm³/mol. The van der Waals surface area contributed by atoms with Gasteiger partial charge in [-0.3, -0.25) is 0 Å². The van der Waals surface area contributed by atoms with E-state index in [1.54, 1.807) is 6.07 Å². The minimum Gasteiger partial charge on any atom is -0.453 e. The molecular formula is C11H14FNO2. The van der Waals surface area contributed by atoms with Gasteiger partial charge in [0.05, 0.1) is 0 Å². The van der Waals surface area contributed by atoms with Crippen LogP contribution in [0.25, 0.3) is 0 Å². The third-order valence-corrected chi connectivity index (χ3v) is 2.15. The number of halogens is 1. The smallest absolute Gasteiger partial charge is 0.231 e. The highest BCUT2D eigenvalue weighted by Crippen LogP contribution is 2.36. The minimum atomic E-state index is -0.385. The molecule has 0 saturated heterocycles. The van der Waals surface area contributed by atoms with Gasteiger partial charge in [0.1, 0.15) is 0 Å². The fourth-order valence-electron chi connectivity index (χ4n) is 1.65. The van der Waals surface area contributed by atoms with Gasteiger partial charge in [0.15, 0.2) is 11.6 Å². The van der Waals surface area contributed by atoms with Gasteiger partial charge in [-0.1, -0.05) is 0 Å². The van der Waals surface area contributed by atoms with Gasteiger partial charge in [-0.05, 0) is 38.0 Å². The van der Waals surface area contributed by atoms with Crippen molar-refractivity contribution in [1.82, 2.24) is 0 Å². The molecule has 2 N–H and O–H groups in total. The summed E-state index contributed by atoms with van der Waals surface area (Å²) in [5, 5.41) is 0. The quantitative estimate of drug-likeness (QED) is 0.811. The van der Waals surface area contributed by atoms with Crippen molar-refractivity contribution in [3.8, 4) is 11.5 Å². The Kier molecular flexibility index (Phi) is 2.31. The highest BCUT2D eigenvalue weighted by Gasteiger charge is 2.21. The van der Waals surface area contributed by atoms with E-state index in [2.05, 4.69) is 0 Å². The molecule has 0 amide bonds. The molecular weight excluding hydrogens is 197 g/mol. The predicted octanol–water partition coefficient (Wildman–Crippen LogP) is 1.83. The van der Waals surface area contributed by atoms with Crippen LogP contribution in [0.3, 0.4) is 0 Å². The first-order chi connectivity index (χ1) is 6.96. The Hall–Kier alpha value is -1.29. The second kappa shape index (κ2) is 3.38. The second-order valence-corrected chi connectivity index (χ2v) is 4.48. The van der Waals surface area contributed by atoms with Crippen LogP contribution in [-0.2, 0) is 6.42 Å². The zero-order valence-corrected chi connectivity index (χ0v) is 8.84. The molecule has 0 radical (unpaired) electrons. The fraction of sp³-hybridized carbons (Fsp3) is 0.455. The second-order valence-electron chi connectivity index (χ2n) is 4.48. The Labute approximate surface area is 88.0 Å². The molecule has 0 atom stereocenters. The van der Waals surface area contributed by atoms with Gasteiger partial charge in [-0.15, -0.1) is 0 Å². The topological polar surface area (TPSA) is 44.5 Å². The summed E-state index contributed by atoms with van der Waals surface area (Å²) < 4.78 is 23.6. The molecule has 0 unspecified atom stereocenters. The average Bonchev–Trinajstić information content (AvgIpc) is 2.48. The third kappa shape index (κ3) is 2.21. The van der Waals surface area contributed by atoms with E-state index in [4.69, 9.17) is 15.2 Å². The standard InChI is InChI=1S/C11H14FNO2/c1-11(2,13)5-7-3-8(12)10-9(4-7)14-6-15-10/h3-4H,5-6,13H2,1-2H3. The molecule has 0 bridgehead atoms. The van der Waals surface area contributed by atoms with Crippen molar-refractivity contribution in [2.24, 2.45) is 5.73 Å². The Morgan fingerprint density at radius 2 is 2.13 bits per heavy atom. The van der Waals surface area contributed by atoms with Crippen molar-refractivity contribution in [1.29, 1.82) is 0 Å². The lowest BCUT2D eigenvalue weighted by molar-refractivity contribution is 0.171. The van der Waals surface area contributed by atoms with Crippen LogP contribution in [0.2, 0.25) is 0 Å². The van der Waals surface area contributed by atoms with Crippen molar-refractivity contribution >= 4 is 0 Å². The first kappa shape index (κ1) is 10.2. The molecule has 1 aliphatic heterocycles. The number of benzene rings is 1. The molecule has 3 nitrogen and oxygen atoms in total. The summed E-state index contributed by atoms with van der Waals surface area (Å²) in [6.45, 7) is 3.88. The molecule has 0 fully saturated rings. The fourth-order valence-corrected chi connectivity index (χ4v) is 1.65. The molecule has 1 aromatic carbocycles. The van der Waals surface area contributed by atoms with E-state index < -0.39 is 0 Å². The summed E-state index contributed by atoms with van der Waals surface area (Å²) >= 11 is 0. The first-order valence-electron chi connectivity index (χ1n) is 4.83. The number of rotatable bonds is 2. The van der Waals surface area contributed by atoms with E-state index in [9.17, 15) is 4.39 Å². The Balaban J connectivity index is 2.32. The lowest BCUT2D eigenvalue weighted by Crippen LogP contribution is -2.34. The van der Waals surface area contributed by atoms with Crippen molar-refractivity contribution in [2.75, 3.05) is 6.79 Å². The van der Waals surface area contributed by atoms with Crippen molar-refractivity contribution in [3.63, 3.8) is 0 Å². The molecule has 1 aliphatic rings. The van der Waals surface area contributed by atoms with E-state index >= 15 is 0 Å². The number of fused-ring (bicyclic) bond motifs is 1. The first-order valence-corrected chi connectivity index (χ1v) is 4.83. The minimum absolute atomic E-state index is 0.0850. The average molecular weight is 211 g/mol. The van der Waals surface area contributed by atoms with Gasteiger partial charge >= 0.3 is 0 Å². The van der Waals surface area contributed by atoms with Gasteiger partial charge in [-0.25, -0.2) is 4.39 Å². The Morgan fingerprint density at radius 3 is 2.80 bits per heavy atom. The number of nitrogens with two attached hydrogens (primary N) is 1. The van der Waals surface area contributed by atoms with Crippen LogP contribution in [0.5, 0.6) is 11.5 Å². The molecule has 0 saturated carbocycles. The van der Waals surface area contributed by atoms with Crippen LogP contribution >= 0.6 is 0 Å². The van der Waals surface area contributed by atoms with E-state index in [-0.39, 0.29) is 23.9 Å². The lowest BCUT2D eigenvalue weighted by Gasteiger charge is -2.18. The summed E-state index contributed by atoms with van der Waals surface area (Å²) in [6, 6.07) is 3.22. The van der Waals surface area contributed by atoms with Gasteiger partial charge in [-0.2, -0.15) is 0 Å². The summed E-state index contributed by atoms with van der Waals surface area (Å²) in [5.74, 6) is 0.284. The Bertz CT molecular complexity index is 385. The lowest BCUT2D eigenvalue weighted by atomic mass is 9.96. The summed E-state index contributed by atoms with van der Waals surface area (Å²) in [5.41, 5.74) is 6.33. The van der Waals surface area contributed by atoms with Gasteiger partial charge in [0, 0.05) is 5.54 Å². The molecule has 0 spiro atoms. The van der Waals surface area contributed by atoms with Crippen molar-refractivity contribution < 1.29 is 13.9 Å². The third-order valence-electron chi connectivity index (χ3n) is 2.15. The molecule has 82 valence electrons. The molecule has 4 heteroatoms. The van der Waals surface area contributed by atoms with E-state index in [1.807, 2.05) is 13.8 Å². The van der Waals surface area contributed by atoms with Crippen LogP contribution in [0, 0.1) is 5.82 Å². The van der Waals surface area contributed by atoms with Gasteiger partial charge in [0.2, 0.25) is 12.5 Å². The van der Waals surface area contributed by atoms with Crippen LogP contribution in [0.1, 0.15) is 19.4 Å². The number of hydrogen-bond donors (Lipinski definition) is 1. The summed E-state index contributed by atoms with van der Waals surface area (Å²) in [4.78, 5) is 0. The Morgan fingerprint density at radius 1 is 1.40 bits per heavy atom. The van der Waals surface area contributed by atoms with Crippen LogP contribution in [-0.4, -0.2) is 12.3 Å². The van der Waals surface area contributed by atoms with Crippen molar-refractivity contribution in [2.45, 2.75) is 25.8 Å². The maximum absolute atomic E-state index is 13.5. The van der Waals surface area contributed by atoms with Gasteiger partial charge in [0.25, 0.3) is 0 Å². The zero-order valence-electron chi connectivity index (χ0n) is 8.84. The van der Waals surface area contributed by atoms with E-state index in [0.29, 0.717) is 12.2 Å². The van der Waals surface area contributed by atoms with Crippen molar-refractivity contribution in [3.05, 3.63) is 23.5 Å². The molecule has 15 heavy (non-hydrogen) atoms. The SMILES string of the molecule is CC(C)(N)Cc1cc(F)c2c(c1)OCO2. The molecule has 0 aliphatic carbocycles. The molecule has 0 aromatic heterocycles. The largest absolute Gasteiger partial charge is 0.453 e. The zero-order chi connectivity index (χ0) is 11.1. The number of hydrogen-bond acceptors (Lipinski definition) is 3. The highest BCUT2D eigenvalue weighted by molar-refractivity contribution is 5.46. The molecule has 1 heterocycles. The summed E-state index contributed by atoms with van der Waals surface area (Å²) in [7, 11) is 0. The van der Waals surface area contributed by atoms with Crippen LogP contribution in [0.15, 0.2) is 12.1 Å². The maximum Gasteiger partial charge on any atom is 0.231 e. The highest BCUT2D eigenvalue weighted by atomic mass is 19.1. The number of ether oxygens (including phenoxy) is 2. The molecule has 1 aromatic rings. The van der Waals surface area contributed by atoms with E-state index in [0.717, 1.165) is 5.56 Å². The van der Waals surface area contributed by atoms with Crippen LogP contribution < -0.4 is 15.2 Å². The maximum atomic E-state index is 13.5. The van der Waals surface area contributed by atoms with Crippen LogP contribution in [0.4, 0.5) is 4.39 Å².